The van der Waals surface area contributed by atoms with E-state index < -0.39 is 10.0 Å². The molecule has 1 aromatic heterocycles. The Labute approximate surface area is 142 Å². The molecule has 7 heteroatoms. The number of piperidine rings is 1. The van der Waals surface area contributed by atoms with Crippen LogP contribution in [0.3, 0.4) is 0 Å². The smallest absolute Gasteiger partial charge is 0.236 e. The molecule has 2 aromatic rings. The van der Waals surface area contributed by atoms with Crippen LogP contribution in [-0.4, -0.2) is 36.0 Å². The summed E-state index contributed by atoms with van der Waals surface area (Å²) in [6.07, 6.45) is 3.97. The molecule has 128 valence electrons. The van der Waals surface area contributed by atoms with Crippen molar-refractivity contribution < 1.29 is 12.9 Å². The molecule has 1 atom stereocenters. The summed E-state index contributed by atoms with van der Waals surface area (Å²) in [5.41, 5.74) is 0.861. The Kier molecular flexibility index (Phi) is 5.11. The number of rotatable bonds is 5. The molecule has 6 nitrogen and oxygen atoms in total. The monoisotopic (exact) mass is 347 g/mol. The van der Waals surface area contributed by atoms with Gasteiger partial charge in [0.15, 0.2) is 5.82 Å². The Morgan fingerprint density at radius 1 is 1.33 bits per heavy atom. The van der Waals surface area contributed by atoms with E-state index >= 15 is 0 Å². The lowest BCUT2D eigenvalue weighted by atomic mass is 9.99. The Balaban J connectivity index is 1.72. The van der Waals surface area contributed by atoms with Crippen LogP contribution in [0.25, 0.3) is 6.08 Å². The number of hydrogen-bond donors (Lipinski definition) is 0. The van der Waals surface area contributed by atoms with E-state index in [1.54, 1.807) is 6.08 Å². The number of sulfonamides is 1. The number of benzene rings is 1. The van der Waals surface area contributed by atoms with Crippen molar-refractivity contribution in [2.75, 3.05) is 13.1 Å². The maximum atomic E-state index is 12.6. The fourth-order valence-electron chi connectivity index (χ4n) is 2.78. The van der Waals surface area contributed by atoms with Crippen molar-refractivity contribution in [1.82, 2.24) is 14.4 Å². The summed E-state index contributed by atoms with van der Waals surface area (Å²) in [4.78, 5) is 4.35. The van der Waals surface area contributed by atoms with Gasteiger partial charge in [0, 0.05) is 30.8 Å². The maximum Gasteiger partial charge on any atom is 0.236 e. The molecule has 0 spiro atoms. The van der Waals surface area contributed by atoms with E-state index in [9.17, 15) is 8.42 Å². The van der Waals surface area contributed by atoms with E-state index in [4.69, 9.17) is 4.52 Å². The van der Waals surface area contributed by atoms with Crippen LogP contribution in [0.1, 0.15) is 43.0 Å². The molecule has 1 aliphatic heterocycles. The minimum absolute atomic E-state index is 0.0114. The molecule has 1 fully saturated rings. The molecule has 0 saturated carbocycles. The Bertz CT molecular complexity index is 799. The molecule has 0 unspecified atom stereocenters. The molecular weight excluding hydrogens is 326 g/mol. The zero-order valence-corrected chi connectivity index (χ0v) is 14.4. The predicted molar refractivity (Wildman–Crippen MR) is 91.6 cm³/mol. The van der Waals surface area contributed by atoms with Gasteiger partial charge >= 0.3 is 0 Å². The van der Waals surface area contributed by atoms with Crippen molar-refractivity contribution in [3.8, 4) is 0 Å². The van der Waals surface area contributed by atoms with Crippen LogP contribution in [0, 0.1) is 0 Å². The lowest BCUT2D eigenvalue weighted by Crippen LogP contribution is -2.38. The second kappa shape index (κ2) is 7.27. The third-order valence-corrected chi connectivity index (χ3v) is 5.66. The van der Waals surface area contributed by atoms with Gasteiger partial charge in [-0.3, -0.25) is 0 Å². The summed E-state index contributed by atoms with van der Waals surface area (Å²) in [6, 6.07) is 9.40. The summed E-state index contributed by atoms with van der Waals surface area (Å²) in [6.45, 7) is 2.86. The van der Waals surface area contributed by atoms with E-state index in [0.717, 1.165) is 18.4 Å². The summed E-state index contributed by atoms with van der Waals surface area (Å²) in [7, 11) is -3.45. The van der Waals surface area contributed by atoms with Gasteiger partial charge < -0.3 is 4.52 Å². The average molecular weight is 347 g/mol. The highest BCUT2D eigenvalue weighted by atomic mass is 32.2. The summed E-state index contributed by atoms with van der Waals surface area (Å²) < 4.78 is 31.8. The minimum Gasteiger partial charge on any atom is -0.339 e. The molecule has 0 bridgehead atoms. The Morgan fingerprint density at radius 3 is 2.83 bits per heavy atom. The molecule has 0 radical (unpaired) electrons. The topological polar surface area (TPSA) is 76.3 Å². The standard InChI is InChI=1S/C17H21N3O3S/c1-2-16-18-17(19-23-16)15-9-6-11-20(13-15)24(21,22)12-10-14-7-4-3-5-8-14/h3-5,7-8,10,12,15H,2,6,9,11,13H2,1H3/b12-10+/t15-/m0/s1. The lowest BCUT2D eigenvalue weighted by molar-refractivity contribution is 0.303. The third kappa shape index (κ3) is 3.91. The second-order valence-corrected chi connectivity index (χ2v) is 7.67. The number of nitrogens with zero attached hydrogens (tertiary/aromatic N) is 3. The second-order valence-electron chi connectivity index (χ2n) is 5.86. The van der Waals surface area contributed by atoms with Crippen molar-refractivity contribution in [3.05, 3.63) is 53.0 Å². The molecule has 24 heavy (non-hydrogen) atoms. The summed E-state index contributed by atoms with van der Waals surface area (Å²) >= 11 is 0. The number of aryl methyl sites for hydroxylation is 1. The zero-order valence-electron chi connectivity index (χ0n) is 13.6. The first kappa shape index (κ1) is 16.9. The molecule has 1 aromatic carbocycles. The first-order valence-electron chi connectivity index (χ1n) is 8.14. The maximum absolute atomic E-state index is 12.6. The summed E-state index contributed by atoms with van der Waals surface area (Å²) in [5.74, 6) is 1.19. The normalized spacial score (nSPS) is 19.8. The first-order valence-corrected chi connectivity index (χ1v) is 9.64. The highest BCUT2D eigenvalue weighted by molar-refractivity contribution is 7.92. The zero-order chi connectivity index (χ0) is 17.0. The molecular formula is C17H21N3O3S. The first-order chi connectivity index (χ1) is 11.6. The number of aromatic nitrogens is 2. The highest BCUT2D eigenvalue weighted by Crippen LogP contribution is 2.27. The van der Waals surface area contributed by atoms with Gasteiger partial charge in [-0.1, -0.05) is 42.4 Å². The van der Waals surface area contributed by atoms with Gasteiger partial charge in [-0.15, -0.1) is 0 Å². The molecule has 1 saturated heterocycles. The van der Waals surface area contributed by atoms with Gasteiger partial charge in [0.25, 0.3) is 0 Å². The van der Waals surface area contributed by atoms with E-state index in [2.05, 4.69) is 10.1 Å². The van der Waals surface area contributed by atoms with E-state index in [-0.39, 0.29) is 5.92 Å². The molecule has 2 heterocycles. The van der Waals surface area contributed by atoms with Crippen LogP contribution < -0.4 is 0 Å². The Morgan fingerprint density at radius 2 is 2.12 bits per heavy atom. The molecule has 0 aliphatic carbocycles. The van der Waals surface area contributed by atoms with Crippen LogP contribution in [0.4, 0.5) is 0 Å². The van der Waals surface area contributed by atoms with Crippen LogP contribution in [0.15, 0.2) is 40.3 Å². The third-order valence-electron chi connectivity index (χ3n) is 4.13. The fourth-order valence-corrected chi connectivity index (χ4v) is 4.05. The summed E-state index contributed by atoms with van der Waals surface area (Å²) in [5, 5.41) is 5.27. The van der Waals surface area contributed by atoms with E-state index in [1.165, 1.54) is 9.71 Å². The van der Waals surface area contributed by atoms with Crippen molar-refractivity contribution >= 4 is 16.1 Å². The fraction of sp³-hybridized carbons (Fsp3) is 0.412. The Hall–Kier alpha value is -1.99. The van der Waals surface area contributed by atoms with E-state index in [1.807, 2.05) is 37.3 Å². The van der Waals surface area contributed by atoms with Crippen molar-refractivity contribution in [1.29, 1.82) is 0 Å². The van der Waals surface area contributed by atoms with Crippen molar-refractivity contribution in [2.45, 2.75) is 32.1 Å². The van der Waals surface area contributed by atoms with Crippen molar-refractivity contribution in [3.63, 3.8) is 0 Å². The van der Waals surface area contributed by atoms with E-state index in [0.29, 0.717) is 31.2 Å². The molecule has 0 amide bonds. The molecule has 1 aliphatic rings. The lowest BCUT2D eigenvalue weighted by Gasteiger charge is -2.29. The molecule has 3 rings (SSSR count). The van der Waals surface area contributed by atoms with Crippen molar-refractivity contribution in [2.24, 2.45) is 0 Å². The largest absolute Gasteiger partial charge is 0.339 e. The quantitative estimate of drug-likeness (QED) is 0.831. The van der Waals surface area contributed by atoms with Gasteiger partial charge in [-0.05, 0) is 24.5 Å². The van der Waals surface area contributed by atoms with Crippen LogP contribution in [0.5, 0.6) is 0 Å². The van der Waals surface area contributed by atoms with Crippen LogP contribution >= 0.6 is 0 Å². The molecule has 0 N–H and O–H groups in total. The number of hydrogen-bond acceptors (Lipinski definition) is 5. The van der Waals surface area contributed by atoms with Gasteiger partial charge in [0.1, 0.15) is 0 Å². The average Bonchev–Trinajstić information content (AvgIpc) is 3.10. The van der Waals surface area contributed by atoms with Crippen LogP contribution in [0.2, 0.25) is 0 Å². The van der Waals surface area contributed by atoms with Gasteiger partial charge in [0.2, 0.25) is 15.9 Å². The minimum atomic E-state index is -3.45. The van der Waals surface area contributed by atoms with Gasteiger partial charge in [0.05, 0.1) is 0 Å². The highest BCUT2D eigenvalue weighted by Gasteiger charge is 2.30. The van der Waals surface area contributed by atoms with Gasteiger partial charge in [-0.2, -0.15) is 9.29 Å². The van der Waals surface area contributed by atoms with Gasteiger partial charge in [-0.25, -0.2) is 8.42 Å². The predicted octanol–water partition coefficient (Wildman–Crippen LogP) is 2.81. The van der Waals surface area contributed by atoms with Crippen LogP contribution in [-0.2, 0) is 16.4 Å². The SMILES string of the molecule is CCc1nc([C@H]2CCCN(S(=O)(=O)/C=C/c3ccccc3)C2)no1.